The summed E-state index contributed by atoms with van der Waals surface area (Å²) in [7, 11) is 0. The molecule has 1 atom stereocenters. The fraction of sp³-hybridized carbons (Fsp3) is 0.375. The quantitative estimate of drug-likeness (QED) is 0.862. The van der Waals surface area contributed by atoms with Gasteiger partial charge in [0.1, 0.15) is 15.6 Å². The van der Waals surface area contributed by atoms with E-state index in [0.29, 0.717) is 34.7 Å². The van der Waals surface area contributed by atoms with Crippen molar-refractivity contribution in [3.8, 4) is 5.75 Å². The lowest BCUT2D eigenvalue weighted by Crippen LogP contribution is -2.32. The van der Waals surface area contributed by atoms with Crippen molar-refractivity contribution in [2.24, 2.45) is 0 Å². The van der Waals surface area contributed by atoms with Crippen LogP contribution >= 0.6 is 34.5 Å². The minimum atomic E-state index is -0.129. The second kappa shape index (κ2) is 5.96. The lowest BCUT2D eigenvalue weighted by atomic mass is 10.0. The number of rotatable bonds is 3. The predicted octanol–water partition coefficient (Wildman–Crippen LogP) is 4.58. The summed E-state index contributed by atoms with van der Waals surface area (Å²) in [6, 6.07) is 3.47. The Balaban J connectivity index is 1.59. The molecule has 0 saturated heterocycles. The molecule has 1 N–H and O–H groups in total. The van der Waals surface area contributed by atoms with Crippen LogP contribution in [0.2, 0.25) is 10.0 Å². The Morgan fingerprint density at radius 1 is 1.30 bits per heavy atom. The first kappa shape index (κ1) is 15.2. The molecule has 23 heavy (non-hydrogen) atoms. The zero-order valence-electron chi connectivity index (χ0n) is 12.1. The number of amides is 1. The van der Waals surface area contributed by atoms with E-state index in [-0.39, 0.29) is 11.9 Å². The van der Waals surface area contributed by atoms with Gasteiger partial charge in [-0.2, -0.15) is 0 Å². The van der Waals surface area contributed by atoms with Gasteiger partial charge in [-0.3, -0.25) is 4.79 Å². The Morgan fingerprint density at radius 3 is 2.91 bits per heavy atom. The molecule has 1 unspecified atom stereocenters. The lowest BCUT2D eigenvalue weighted by Gasteiger charge is -2.27. The van der Waals surface area contributed by atoms with Gasteiger partial charge in [-0.05, 0) is 18.9 Å². The number of nitrogens with one attached hydrogen (secondary N) is 1. The largest absolute Gasteiger partial charge is 0.492 e. The number of fused-ring (bicyclic) bond motifs is 1. The van der Waals surface area contributed by atoms with Crippen LogP contribution in [0.1, 0.15) is 52.2 Å². The van der Waals surface area contributed by atoms with Gasteiger partial charge in [0.2, 0.25) is 0 Å². The molecule has 7 heteroatoms. The highest BCUT2D eigenvalue weighted by atomic mass is 35.5. The van der Waals surface area contributed by atoms with Crippen molar-refractivity contribution in [2.75, 3.05) is 6.61 Å². The Bertz CT molecular complexity index is 773. The van der Waals surface area contributed by atoms with Crippen molar-refractivity contribution in [3.63, 3.8) is 0 Å². The molecule has 1 fully saturated rings. The molecule has 2 aliphatic rings. The molecule has 1 amide bonds. The van der Waals surface area contributed by atoms with Crippen molar-refractivity contribution < 1.29 is 9.53 Å². The summed E-state index contributed by atoms with van der Waals surface area (Å²) in [5.41, 5.74) is 3.56. The van der Waals surface area contributed by atoms with Gasteiger partial charge < -0.3 is 10.1 Å². The van der Waals surface area contributed by atoms with Crippen molar-refractivity contribution in [2.45, 2.75) is 31.2 Å². The fourth-order valence-electron chi connectivity index (χ4n) is 2.85. The average Bonchev–Trinajstić information content (AvgIpc) is 3.28. The van der Waals surface area contributed by atoms with E-state index in [0.717, 1.165) is 29.0 Å². The molecule has 2 aromatic rings. The van der Waals surface area contributed by atoms with Gasteiger partial charge in [0.25, 0.3) is 5.91 Å². The summed E-state index contributed by atoms with van der Waals surface area (Å²) in [5.74, 6) is 0.956. The molecule has 120 valence electrons. The van der Waals surface area contributed by atoms with Crippen molar-refractivity contribution in [3.05, 3.63) is 43.8 Å². The smallest absolute Gasteiger partial charge is 0.263 e. The predicted molar refractivity (Wildman–Crippen MR) is 90.9 cm³/mol. The van der Waals surface area contributed by atoms with Gasteiger partial charge in [0, 0.05) is 17.9 Å². The minimum absolute atomic E-state index is 0.0710. The summed E-state index contributed by atoms with van der Waals surface area (Å²) < 4.78 is 5.63. The molecule has 0 bridgehead atoms. The highest BCUT2D eigenvalue weighted by Gasteiger charge is 2.32. The van der Waals surface area contributed by atoms with Crippen LogP contribution in [0.5, 0.6) is 5.75 Å². The standard InChI is InChI=1S/C16H14Cl2N2O2S/c17-10-4-3-9-11(5-6-22-14(9)12(10)18)20-16(21)15-13(8-1-2-8)19-7-23-15/h3-4,7-8,11H,1-2,5-6H2,(H,20,21). The summed E-state index contributed by atoms with van der Waals surface area (Å²) in [4.78, 5) is 17.7. The molecule has 0 radical (unpaired) electrons. The number of carbonyl (C=O) groups is 1. The van der Waals surface area contributed by atoms with E-state index in [4.69, 9.17) is 27.9 Å². The molecule has 4 rings (SSSR count). The summed E-state index contributed by atoms with van der Waals surface area (Å²) in [5, 5.41) is 3.95. The number of hydrogen-bond donors (Lipinski definition) is 1. The number of aromatic nitrogens is 1. The van der Waals surface area contributed by atoms with Crippen LogP contribution in [0.4, 0.5) is 0 Å². The maximum absolute atomic E-state index is 12.6. The molecule has 4 nitrogen and oxygen atoms in total. The molecule has 2 heterocycles. The Kier molecular flexibility index (Phi) is 3.95. The zero-order valence-corrected chi connectivity index (χ0v) is 14.5. The van der Waals surface area contributed by atoms with Gasteiger partial charge in [0.05, 0.1) is 28.9 Å². The monoisotopic (exact) mass is 368 g/mol. The van der Waals surface area contributed by atoms with Gasteiger partial charge in [-0.1, -0.05) is 29.3 Å². The third-order valence-electron chi connectivity index (χ3n) is 4.18. The molecular weight excluding hydrogens is 355 g/mol. The maximum atomic E-state index is 12.6. The van der Waals surface area contributed by atoms with Crippen molar-refractivity contribution in [1.82, 2.24) is 10.3 Å². The van der Waals surface area contributed by atoms with Crippen LogP contribution in [0.15, 0.2) is 17.6 Å². The second-order valence-electron chi connectivity index (χ2n) is 5.78. The SMILES string of the molecule is O=C(NC1CCOc2c1ccc(Cl)c2Cl)c1scnc1C1CC1. The van der Waals surface area contributed by atoms with Crippen LogP contribution in [-0.2, 0) is 0 Å². The summed E-state index contributed by atoms with van der Waals surface area (Å²) in [6.07, 6.45) is 2.95. The highest BCUT2D eigenvalue weighted by molar-refractivity contribution is 7.11. The van der Waals surface area contributed by atoms with Gasteiger partial charge in [-0.15, -0.1) is 11.3 Å². The number of carbonyl (C=O) groups excluding carboxylic acids is 1. The molecular formula is C16H14Cl2N2O2S. The van der Waals surface area contributed by atoms with Gasteiger partial charge >= 0.3 is 0 Å². The normalized spacial score (nSPS) is 19.8. The number of nitrogens with zero attached hydrogens (tertiary/aromatic N) is 1. The third kappa shape index (κ3) is 2.82. The van der Waals surface area contributed by atoms with Gasteiger partial charge in [0.15, 0.2) is 0 Å². The molecule has 1 aliphatic heterocycles. The molecule has 1 aliphatic carbocycles. The van der Waals surface area contributed by atoms with Crippen LogP contribution in [0, 0.1) is 0 Å². The first-order chi connectivity index (χ1) is 11.1. The molecule has 1 saturated carbocycles. The van der Waals surface area contributed by atoms with Crippen molar-refractivity contribution in [1.29, 1.82) is 0 Å². The lowest BCUT2D eigenvalue weighted by molar-refractivity contribution is 0.0927. The Labute approximate surface area is 147 Å². The fourth-order valence-corrected chi connectivity index (χ4v) is 4.00. The van der Waals surface area contributed by atoms with E-state index in [1.807, 2.05) is 6.07 Å². The van der Waals surface area contributed by atoms with Crippen molar-refractivity contribution >= 4 is 40.4 Å². The number of benzene rings is 1. The van der Waals surface area contributed by atoms with E-state index >= 15 is 0 Å². The summed E-state index contributed by atoms with van der Waals surface area (Å²) >= 11 is 13.6. The van der Waals surface area contributed by atoms with E-state index in [9.17, 15) is 4.79 Å². The van der Waals surface area contributed by atoms with Crippen LogP contribution < -0.4 is 10.1 Å². The van der Waals surface area contributed by atoms with Crippen LogP contribution in [0.3, 0.4) is 0 Å². The minimum Gasteiger partial charge on any atom is -0.492 e. The number of ether oxygens (including phenoxy) is 1. The third-order valence-corrected chi connectivity index (χ3v) is 5.81. The molecule has 1 aromatic heterocycles. The number of hydrogen-bond acceptors (Lipinski definition) is 4. The highest BCUT2D eigenvalue weighted by Crippen LogP contribution is 2.43. The number of halogens is 2. The van der Waals surface area contributed by atoms with E-state index in [1.165, 1.54) is 11.3 Å². The Morgan fingerprint density at radius 2 is 2.13 bits per heavy atom. The second-order valence-corrected chi connectivity index (χ2v) is 7.42. The zero-order chi connectivity index (χ0) is 16.0. The first-order valence-electron chi connectivity index (χ1n) is 7.50. The Hall–Kier alpha value is -1.30. The summed E-state index contributed by atoms with van der Waals surface area (Å²) in [6.45, 7) is 0.496. The van der Waals surface area contributed by atoms with E-state index < -0.39 is 0 Å². The topological polar surface area (TPSA) is 51.2 Å². The number of thiazole rings is 1. The van der Waals surface area contributed by atoms with Crippen LogP contribution in [-0.4, -0.2) is 17.5 Å². The first-order valence-corrected chi connectivity index (χ1v) is 9.13. The maximum Gasteiger partial charge on any atom is 0.263 e. The molecule has 0 spiro atoms. The van der Waals surface area contributed by atoms with Gasteiger partial charge in [-0.25, -0.2) is 4.98 Å². The van der Waals surface area contributed by atoms with Crippen LogP contribution in [0.25, 0.3) is 0 Å². The van der Waals surface area contributed by atoms with E-state index in [1.54, 1.807) is 11.6 Å². The average molecular weight is 369 g/mol. The van der Waals surface area contributed by atoms with E-state index in [2.05, 4.69) is 10.3 Å². The molecule has 1 aromatic carbocycles.